The van der Waals surface area contributed by atoms with Gasteiger partial charge in [-0.05, 0) is 70.6 Å². The zero-order chi connectivity index (χ0) is 26.7. The highest BCUT2D eigenvalue weighted by molar-refractivity contribution is 6.21. The Balaban J connectivity index is 1.25. The van der Waals surface area contributed by atoms with Gasteiger partial charge in [-0.3, -0.25) is 0 Å². The first-order chi connectivity index (χ1) is 19.2. The maximum Gasteiger partial charge on any atom is 0.192 e. The molecular weight excluding hydrogens is 504 g/mol. The normalized spacial score (nSPS) is 30.9. The number of nitrogens with zero attached hydrogens (tertiary/aromatic N) is 2. The fourth-order valence-corrected chi connectivity index (χ4v) is 7.96. The van der Waals surface area contributed by atoms with Gasteiger partial charge in [0.05, 0.1) is 17.5 Å². The lowest BCUT2D eigenvalue weighted by Gasteiger charge is -2.35. The van der Waals surface area contributed by atoms with Crippen LogP contribution in [0.15, 0.2) is 9.98 Å². The third-order valence-electron chi connectivity index (χ3n) is 10.1. The van der Waals surface area contributed by atoms with Crippen LogP contribution in [0.25, 0.3) is 0 Å². The Kier molecular flexibility index (Phi) is 11.8. The number of aliphatic imine (C=N–C) groups is 2. The summed E-state index contributed by atoms with van der Waals surface area (Å²) in [6, 6.07) is 2.64. The number of alkyl halides is 1. The van der Waals surface area contributed by atoms with Gasteiger partial charge in [0, 0.05) is 24.2 Å². The van der Waals surface area contributed by atoms with E-state index in [1.807, 2.05) is 0 Å². The first kappa shape index (κ1) is 29.3. The standard InChI is InChI=1S/C32H57ClN6/c33-29-22-21-28(38-31(34-24-13-5-1-6-14-24)35-25-15-7-2-8-16-25)23-30(29)39-32(36-26-17-9-3-10-18-26)37-27-19-11-4-12-20-27/h24-30H,1-23H2,(H2,34,35,38)(H2,36,37,39). The molecule has 5 aliphatic carbocycles. The Morgan fingerprint density at radius 1 is 0.436 bits per heavy atom. The molecule has 0 bridgehead atoms. The van der Waals surface area contributed by atoms with E-state index >= 15 is 0 Å². The largest absolute Gasteiger partial charge is 0.354 e. The van der Waals surface area contributed by atoms with E-state index in [0.29, 0.717) is 30.2 Å². The average molecular weight is 561 g/mol. The molecular formula is C32H57ClN6. The summed E-state index contributed by atoms with van der Waals surface area (Å²) in [6.45, 7) is 0. The number of nitrogens with one attached hydrogen (secondary N) is 4. The number of hydrogen-bond donors (Lipinski definition) is 4. The monoisotopic (exact) mass is 560 g/mol. The lowest BCUT2D eigenvalue weighted by molar-refractivity contribution is 0.357. The van der Waals surface area contributed by atoms with Crippen molar-refractivity contribution in [1.29, 1.82) is 0 Å². The molecule has 5 saturated carbocycles. The van der Waals surface area contributed by atoms with Gasteiger partial charge in [0.1, 0.15) is 0 Å². The average Bonchev–Trinajstić information content (AvgIpc) is 2.97. The van der Waals surface area contributed by atoms with Gasteiger partial charge in [-0.1, -0.05) is 77.0 Å². The Bertz CT molecular complexity index is 741. The van der Waals surface area contributed by atoms with Crippen LogP contribution in [-0.2, 0) is 0 Å². The molecule has 7 heteroatoms. The SMILES string of the molecule is ClC1CCC(NC(=NC2CCCCC2)NC2CCCCC2)CC1N=C(NC1CCCCC1)NC1CCCCC1. The van der Waals surface area contributed by atoms with Crippen LogP contribution in [0.5, 0.6) is 0 Å². The van der Waals surface area contributed by atoms with Crippen LogP contribution in [0.4, 0.5) is 0 Å². The first-order valence-electron chi connectivity index (χ1n) is 17.1. The smallest absolute Gasteiger partial charge is 0.192 e. The van der Waals surface area contributed by atoms with E-state index in [4.69, 9.17) is 21.6 Å². The van der Waals surface area contributed by atoms with Crippen molar-refractivity contribution in [2.24, 2.45) is 9.98 Å². The number of halogens is 1. The molecule has 5 aliphatic rings. The molecule has 0 amide bonds. The predicted molar refractivity (Wildman–Crippen MR) is 166 cm³/mol. The summed E-state index contributed by atoms with van der Waals surface area (Å²) < 4.78 is 0. The van der Waals surface area contributed by atoms with Crippen molar-refractivity contribution in [2.45, 2.75) is 189 Å². The molecule has 5 fully saturated rings. The molecule has 3 atom stereocenters. The van der Waals surface area contributed by atoms with Gasteiger partial charge in [-0.15, -0.1) is 11.6 Å². The van der Waals surface area contributed by atoms with Crippen molar-refractivity contribution in [3.8, 4) is 0 Å². The summed E-state index contributed by atoms with van der Waals surface area (Å²) in [6.07, 6.45) is 29.3. The van der Waals surface area contributed by atoms with Crippen LogP contribution in [-0.4, -0.2) is 53.5 Å². The van der Waals surface area contributed by atoms with Gasteiger partial charge in [-0.25, -0.2) is 9.98 Å². The molecule has 0 spiro atoms. The molecule has 0 aliphatic heterocycles. The molecule has 0 saturated heterocycles. The summed E-state index contributed by atoms with van der Waals surface area (Å²) in [4.78, 5) is 10.6. The fourth-order valence-electron chi connectivity index (χ4n) is 7.68. The van der Waals surface area contributed by atoms with Gasteiger partial charge in [0.15, 0.2) is 11.9 Å². The predicted octanol–water partition coefficient (Wildman–Crippen LogP) is 6.92. The molecule has 4 N–H and O–H groups in total. The molecule has 3 unspecified atom stereocenters. The summed E-state index contributed by atoms with van der Waals surface area (Å²) in [5.74, 6) is 2.09. The number of guanidine groups is 2. The van der Waals surface area contributed by atoms with Crippen LogP contribution in [0.3, 0.4) is 0 Å². The highest BCUT2D eigenvalue weighted by Gasteiger charge is 2.31. The summed E-state index contributed by atoms with van der Waals surface area (Å²) in [5.41, 5.74) is 0. The van der Waals surface area contributed by atoms with E-state index in [1.54, 1.807) is 0 Å². The van der Waals surface area contributed by atoms with E-state index in [1.165, 1.54) is 128 Å². The van der Waals surface area contributed by atoms with E-state index in [9.17, 15) is 0 Å². The summed E-state index contributed by atoms with van der Waals surface area (Å²) >= 11 is 6.99. The Morgan fingerprint density at radius 3 is 1.33 bits per heavy atom. The quantitative estimate of drug-likeness (QED) is 0.162. The minimum Gasteiger partial charge on any atom is -0.354 e. The first-order valence-corrected chi connectivity index (χ1v) is 17.5. The molecule has 0 heterocycles. The van der Waals surface area contributed by atoms with Gasteiger partial charge >= 0.3 is 0 Å². The second-order valence-electron chi connectivity index (χ2n) is 13.4. The summed E-state index contributed by atoms with van der Waals surface area (Å²) in [7, 11) is 0. The van der Waals surface area contributed by atoms with Crippen molar-refractivity contribution >= 4 is 23.5 Å². The molecule has 0 aromatic heterocycles. The van der Waals surface area contributed by atoms with Crippen LogP contribution in [0.1, 0.15) is 148 Å². The molecule has 0 radical (unpaired) electrons. The van der Waals surface area contributed by atoms with Gasteiger partial charge < -0.3 is 21.3 Å². The molecule has 5 rings (SSSR count). The van der Waals surface area contributed by atoms with E-state index < -0.39 is 0 Å². The van der Waals surface area contributed by atoms with Gasteiger partial charge in [-0.2, -0.15) is 0 Å². The van der Waals surface area contributed by atoms with E-state index in [-0.39, 0.29) is 11.4 Å². The van der Waals surface area contributed by atoms with Crippen LogP contribution in [0.2, 0.25) is 0 Å². The molecule has 39 heavy (non-hydrogen) atoms. The fraction of sp³-hybridized carbons (Fsp3) is 0.938. The molecule has 6 nitrogen and oxygen atoms in total. The third-order valence-corrected chi connectivity index (χ3v) is 10.6. The lowest BCUT2D eigenvalue weighted by Crippen LogP contribution is -2.52. The molecule has 222 valence electrons. The molecule has 0 aromatic carbocycles. The van der Waals surface area contributed by atoms with Crippen LogP contribution in [0, 0.1) is 0 Å². The maximum absolute atomic E-state index is 6.99. The van der Waals surface area contributed by atoms with Crippen molar-refractivity contribution in [2.75, 3.05) is 0 Å². The Labute approximate surface area is 243 Å². The van der Waals surface area contributed by atoms with Crippen LogP contribution >= 0.6 is 11.6 Å². The highest BCUT2D eigenvalue weighted by Crippen LogP contribution is 2.28. The van der Waals surface area contributed by atoms with E-state index in [2.05, 4.69) is 21.3 Å². The second kappa shape index (κ2) is 15.7. The zero-order valence-electron chi connectivity index (χ0n) is 24.6. The van der Waals surface area contributed by atoms with Crippen LogP contribution < -0.4 is 21.3 Å². The molecule has 0 aromatic rings. The van der Waals surface area contributed by atoms with Crippen molar-refractivity contribution < 1.29 is 0 Å². The van der Waals surface area contributed by atoms with Crippen molar-refractivity contribution in [3.63, 3.8) is 0 Å². The van der Waals surface area contributed by atoms with Crippen molar-refractivity contribution in [1.82, 2.24) is 21.3 Å². The van der Waals surface area contributed by atoms with Gasteiger partial charge in [0.2, 0.25) is 0 Å². The van der Waals surface area contributed by atoms with E-state index in [0.717, 1.165) is 31.2 Å². The van der Waals surface area contributed by atoms with Gasteiger partial charge in [0.25, 0.3) is 0 Å². The Hall–Kier alpha value is -1.17. The number of rotatable bonds is 6. The zero-order valence-corrected chi connectivity index (χ0v) is 25.3. The third kappa shape index (κ3) is 9.71. The second-order valence-corrected chi connectivity index (χ2v) is 14.0. The minimum absolute atomic E-state index is 0.101. The van der Waals surface area contributed by atoms with Crippen molar-refractivity contribution in [3.05, 3.63) is 0 Å². The highest BCUT2D eigenvalue weighted by atomic mass is 35.5. The minimum atomic E-state index is 0.101. The summed E-state index contributed by atoms with van der Waals surface area (Å²) in [5, 5.41) is 15.6. The topological polar surface area (TPSA) is 72.8 Å². The maximum atomic E-state index is 6.99. The number of hydrogen-bond acceptors (Lipinski definition) is 2. The lowest BCUT2D eigenvalue weighted by atomic mass is 9.90. The Morgan fingerprint density at radius 2 is 0.846 bits per heavy atom.